The Labute approximate surface area is 123 Å². The van der Waals surface area contributed by atoms with Crippen LogP contribution >= 0.6 is 11.6 Å². The molecule has 4 heteroatoms. The quantitative estimate of drug-likeness (QED) is 0.938. The van der Waals surface area contributed by atoms with Crippen molar-refractivity contribution in [3.63, 3.8) is 0 Å². The lowest BCUT2D eigenvalue weighted by atomic mass is 10.1. The van der Waals surface area contributed by atoms with Gasteiger partial charge in [-0.25, -0.2) is 0 Å². The van der Waals surface area contributed by atoms with Crippen molar-refractivity contribution in [3.05, 3.63) is 47.2 Å². The van der Waals surface area contributed by atoms with Gasteiger partial charge < -0.3 is 9.52 Å². The van der Waals surface area contributed by atoms with Gasteiger partial charge in [-0.2, -0.15) is 0 Å². The molecule has 1 aromatic heterocycles. The molecule has 0 saturated carbocycles. The molecule has 1 aromatic carbocycles. The zero-order chi connectivity index (χ0) is 13.9. The van der Waals surface area contributed by atoms with Crippen LogP contribution in [0.15, 0.2) is 40.8 Å². The zero-order valence-corrected chi connectivity index (χ0v) is 12.0. The largest absolute Gasteiger partial charge is 0.460 e. The van der Waals surface area contributed by atoms with E-state index in [4.69, 9.17) is 21.1 Å². The summed E-state index contributed by atoms with van der Waals surface area (Å²) in [6.07, 6.45) is 1.07. The SMILES string of the molecule is OCC1CCN(Cc2ccc(-c3ccc(Cl)cc3)o2)C1. The van der Waals surface area contributed by atoms with Gasteiger partial charge in [-0.1, -0.05) is 11.6 Å². The van der Waals surface area contributed by atoms with Crippen molar-refractivity contribution in [2.24, 2.45) is 5.92 Å². The van der Waals surface area contributed by atoms with Gasteiger partial charge in [0.2, 0.25) is 0 Å². The summed E-state index contributed by atoms with van der Waals surface area (Å²) in [5.74, 6) is 2.25. The standard InChI is InChI=1S/C16H18ClNO2/c17-14-3-1-13(2-4-14)16-6-5-15(20-16)10-18-8-7-12(9-18)11-19/h1-6,12,19H,7-11H2. The Balaban J connectivity index is 1.66. The first kappa shape index (κ1) is 13.7. The van der Waals surface area contributed by atoms with Gasteiger partial charge in [0.25, 0.3) is 0 Å². The maximum Gasteiger partial charge on any atom is 0.134 e. The Morgan fingerprint density at radius 2 is 2.00 bits per heavy atom. The van der Waals surface area contributed by atoms with E-state index < -0.39 is 0 Å². The Kier molecular flexibility index (Phi) is 4.10. The highest BCUT2D eigenvalue weighted by Gasteiger charge is 2.22. The second kappa shape index (κ2) is 6.00. The normalized spacial score (nSPS) is 19.6. The third kappa shape index (κ3) is 3.06. The Morgan fingerprint density at radius 1 is 1.20 bits per heavy atom. The van der Waals surface area contributed by atoms with Crippen molar-refractivity contribution in [1.29, 1.82) is 0 Å². The van der Waals surface area contributed by atoms with Crippen LogP contribution in [0.3, 0.4) is 0 Å². The van der Waals surface area contributed by atoms with E-state index in [1.54, 1.807) is 0 Å². The van der Waals surface area contributed by atoms with Gasteiger partial charge in [-0.3, -0.25) is 4.90 Å². The number of hydrogen-bond acceptors (Lipinski definition) is 3. The van der Waals surface area contributed by atoms with Crippen LogP contribution < -0.4 is 0 Å². The predicted octanol–water partition coefficient (Wildman–Crippen LogP) is 3.41. The highest BCUT2D eigenvalue weighted by atomic mass is 35.5. The molecule has 1 N–H and O–H groups in total. The van der Waals surface area contributed by atoms with Crippen molar-refractivity contribution >= 4 is 11.6 Å². The number of aliphatic hydroxyl groups is 1. The number of furan rings is 1. The molecule has 0 amide bonds. The fourth-order valence-electron chi connectivity index (χ4n) is 2.66. The van der Waals surface area contributed by atoms with E-state index in [1.807, 2.05) is 36.4 Å². The first-order chi connectivity index (χ1) is 9.74. The molecule has 1 fully saturated rings. The lowest BCUT2D eigenvalue weighted by Crippen LogP contribution is -2.20. The van der Waals surface area contributed by atoms with Crippen molar-refractivity contribution in [2.45, 2.75) is 13.0 Å². The second-order valence-electron chi connectivity index (χ2n) is 5.35. The van der Waals surface area contributed by atoms with E-state index in [0.717, 1.165) is 48.2 Å². The van der Waals surface area contributed by atoms with Gasteiger partial charge in [-0.05, 0) is 55.3 Å². The van der Waals surface area contributed by atoms with E-state index in [-0.39, 0.29) is 6.61 Å². The monoisotopic (exact) mass is 291 g/mol. The fraction of sp³-hybridized carbons (Fsp3) is 0.375. The maximum absolute atomic E-state index is 9.16. The van der Waals surface area contributed by atoms with Crippen molar-refractivity contribution in [3.8, 4) is 11.3 Å². The van der Waals surface area contributed by atoms with Gasteiger partial charge in [0.05, 0.1) is 6.54 Å². The molecule has 0 aliphatic carbocycles. The number of rotatable bonds is 4. The molecule has 1 aliphatic rings. The molecule has 1 atom stereocenters. The maximum atomic E-state index is 9.16. The summed E-state index contributed by atoms with van der Waals surface area (Å²) in [6.45, 7) is 3.07. The van der Waals surface area contributed by atoms with Gasteiger partial charge in [0.1, 0.15) is 11.5 Å². The number of halogens is 1. The number of likely N-dealkylation sites (tertiary alicyclic amines) is 1. The molecular weight excluding hydrogens is 274 g/mol. The summed E-state index contributed by atoms with van der Waals surface area (Å²) >= 11 is 5.89. The van der Waals surface area contributed by atoms with E-state index in [0.29, 0.717) is 5.92 Å². The van der Waals surface area contributed by atoms with Crippen molar-refractivity contribution in [2.75, 3.05) is 19.7 Å². The molecule has 3 rings (SSSR count). The minimum Gasteiger partial charge on any atom is -0.460 e. The van der Waals surface area contributed by atoms with E-state index in [2.05, 4.69) is 4.90 Å². The lowest BCUT2D eigenvalue weighted by molar-refractivity contribution is 0.216. The van der Waals surface area contributed by atoms with Gasteiger partial charge in [-0.15, -0.1) is 0 Å². The van der Waals surface area contributed by atoms with Crippen LogP contribution in [0.4, 0.5) is 0 Å². The molecule has 106 valence electrons. The molecule has 1 aliphatic heterocycles. The van der Waals surface area contributed by atoms with Crippen LogP contribution in [0.1, 0.15) is 12.2 Å². The number of benzene rings is 1. The Bertz CT molecular complexity index is 564. The van der Waals surface area contributed by atoms with Crippen LogP contribution in [0.5, 0.6) is 0 Å². The molecule has 2 aromatic rings. The minimum atomic E-state index is 0.282. The van der Waals surface area contributed by atoms with Gasteiger partial charge in [0.15, 0.2) is 0 Å². The average molecular weight is 292 g/mol. The third-order valence-electron chi connectivity index (χ3n) is 3.80. The van der Waals surface area contributed by atoms with Crippen molar-refractivity contribution in [1.82, 2.24) is 4.90 Å². The van der Waals surface area contributed by atoms with Crippen LogP contribution in [0.25, 0.3) is 11.3 Å². The molecule has 3 nitrogen and oxygen atoms in total. The summed E-state index contributed by atoms with van der Waals surface area (Å²) in [5.41, 5.74) is 1.04. The molecule has 2 heterocycles. The topological polar surface area (TPSA) is 36.6 Å². The first-order valence-corrected chi connectivity index (χ1v) is 7.30. The lowest BCUT2D eigenvalue weighted by Gasteiger charge is -2.13. The van der Waals surface area contributed by atoms with Crippen LogP contribution in [-0.2, 0) is 6.54 Å². The second-order valence-corrected chi connectivity index (χ2v) is 5.78. The Hall–Kier alpha value is -1.29. The predicted molar refractivity (Wildman–Crippen MR) is 79.6 cm³/mol. The molecule has 0 bridgehead atoms. The summed E-state index contributed by atoms with van der Waals surface area (Å²) in [6, 6.07) is 11.7. The van der Waals surface area contributed by atoms with Gasteiger partial charge >= 0.3 is 0 Å². The highest BCUT2D eigenvalue weighted by molar-refractivity contribution is 6.30. The summed E-state index contributed by atoms with van der Waals surface area (Å²) in [7, 11) is 0. The summed E-state index contributed by atoms with van der Waals surface area (Å²) < 4.78 is 5.89. The van der Waals surface area contributed by atoms with E-state index >= 15 is 0 Å². The molecule has 0 spiro atoms. The average Bonchev–Trinajstić information content (AvgIpc) is 3.09. The number of nitrogens with zero attached hydrogens (tertiary/aromatic N) is 1. The molecule has 1 unspecified atom stereocenters. The van der Waals surface area contributed by atoms with E-state index in [9.17, 15) is 0 Å². The molecule has 1 saturated heterocycles. The minimum absolute atomic E-state index is 0.282. The van der Waals surface area contributed by atoms with Gasteiger partial charge in [0, 0.05) is 23.7 Å². The van der Waals surface area contributed by atoms with Crippen LogP contribution in [0, 0.1) is 5.92 Å². The molecule has 0 radical (unpaired) electrons. The van der Waals surface area contributed by atoms with E-state index in [1.165, 1.54) is 0 Å². The van der Waals surface area contributed by atoms with Crippen LogP contribution in [0.2, 0.25) is 5.02 Å². The molecular formula is C16H18ClNO2. The summed E-state index contributed by atoms with van der Waals surface area (Å²) in [5, 5.41) is 9.89. The first-order valence-electron chi connectivity index (χ1n) is 6.92. The molecule has 20 heavy (non-hydrogen) atoms. The zero-order valence-electron chi connectivity index (χ0n) is 11.3. The Morgan fingerprint density at radius 3 is 2.70 bits per heavy atom. The number of aliphatic hydroxyl groups excluding tert-OH is 1. The fourth-order valence-corrected chi connectivity index (χ4v) is 2.78. The number of hydrogen-bond donors (Lipinski definition) is 1. The van der Waals surface area contributed by atoms with Crippen molar-refractivity contribution < 1.29 is 9.52 Å². The summed E-state index contributed by atoms with van der Waals surface area (Å²) in [4.78, 5) is 2.32. The smallest absolute Gasteiger partial charge is 0.134 e. The third-order valence-corrected chi connectivity index (χ3v) is 4.05. The van der Waals surface area contributed by atoms with Crippen LogP contribution in [-0.4, -0.2) is 29.7 Å². The highest BCUT2D eigenvalue weighted by Crippen LogP contribution is 2.25.